The molecule has 1 aromatic heterocycles. The number of rotatable bonds is 4. The maximum atomic E-state index is 9.78. The lowest BCUT2D eigenvalue weighted by molar-refractivity contribution is 0.0167. The molecule has 1 aromatic rings. The number of aryl methyl sites for hydroxylation is 1. The molecule has 1 rings (SSSR count). The largest absolute Gasteiger partial charge is 0.390 e. The van der Waals surface area contributed by atoms with Crippen molar-refractivity contribution in [3.05, 3.63) is 29.6 Å². The zero-order valence-corrected chi connectivity index (χ0v) is 8.98. The highest BCUT2D eigenvalue weighted by atomic mass is 32.1. The van der Waals surface area contributed by atoms with Crippen molar-refractivity contribution in [2.24, 2.45) is 0 Å². The van der Waals surface area contributed by atoms with E-state index in [2.05, 4.69) is 17.6 Å². The number of aliphatic hydroxyl groups is 2. The van der Waals surface area contributed by atoms with Gasteiger partial charge in [-0.15, -0.1) is 0 Å². The van der Waals surface area contributed by atoms with Crippen LogP contribution in [0.15, 0.2) is 18.5 Å². The van der Waals surface area contributed by atoms with Crippen molar-refractivity contribution in [2.75, 3.05) is 5.75 Å². The van der Waals surface area contributed by atoms with Crippen LogP contribution in [-0.2, 0) is 0 Å². The van der Waals surface area contributed by atoms with Gasteiger partial charge in [0, 0.05) is 18.0 Å². The van der Waals surface area contributed by atoms with Crippen molar-refractivity contribution in [1.82, 2.24) is 4.98 Å². The second kappa shape index (κ2) is 5.34. The first-order chi connectivity index (χ1) is 6.66. The van der Waals surface area contributed by atoms with Gasteiger partial charge >= 0.3 is 0 Å². The Morgan fingerprint density at radius 3 is 2.79 bits per heavy atom. The van der Waals surface area contributed by atoms with Crippen LogP contribution in [0.5, 0.6) is 0 Å². The molecular weight excluding hydrogens is 198 g/mol. The van der Waals surface area contributed by atoms with Gasteiger partial charge in [0.1, 0.15) is 6.10 Å². The molecule has 0 saturated carbocycles. The van der Waals surface area contributed by atoms with Gasteiger partial charge in [0.05, 0.1) is 6.10 Å². The van der Waals surface area contributed by atoms with E-state index in [4.69, 9.17) is 0 Å². The Hall–Kier alpha value is -0.580. The van der Waals surface area contributed by atoms with Crippen molar-refractivity contribution in [3.63, 3.8) is 0 Å². The van der Waals surface area contributed by atoms with Crippen LogP contribution in [0.4, 0.5) is 0 Å². The Morgan fingerprint density at radius 1 is 1.50 bits per heavy atom. The van der Waals surface area contributed by atoms with Crippen LogP contribution in [0.25, 0.3) is 0 Å². The minimum atomic E-state index is -0.865. The SMILES string of the molecule is Cc1ccncc1C(O)C(O)CCS. The van der Waals surface area contributed by atoms with Gasteiger partial charge in [-0.25, -0.2) is 0 Å². The standard InChI is InChI=1S/C10H15NO2S/c1-7-2-4-11-6-8(7)10(13)9(12)3-5-14/h2,4,6,9-10,12-14H,3,5H2,1H3. The van der Waals surface area contributed by atoms with Gasteiger partial charge in [0.25, 0.3) is 0 Å². The van der Waals surface area contributed by atoms with Crippen molar-refractivity contribution in [2.45, 2.75) is 25.6 Å². The van der Waals surface area contributed by atoms with E-state index in [0.717, 1.165) is 5.56 Å². The predicted molar refractivity (Wildman–Crippen MR) is 58.4 cm³/mol. The summed E-state index contributed by atoms with van der Waals surface area (Å²) in [4.78, 5) is 3.92. The quantitative estimate of drug-likeness (QED) is 0.657. The summed E-state index contributed by atoms with van der Waals surface area (Å²) in [7, 11) is 0. The van der Waals surface area contributed by atoms with Crippen LogP contribution in [0.2, 0.25) is 0 Å². The third kappa shape index (κ3) is 2.70. The Bertz CT molecular complexity index is 293. The molecule has 0 spiro atoms. The molecule has 78 valence electrons. The molecule has 2 N–H and O–H groups in total. The summed E-state index contributed by atoms with van der Waals surface area (Å²) in [5, 5.41) is 19.3. The number of nitrogens with zero attached hydrogens (tertiary/aromatic N) is 1. The van der Waals surface area contributed by atoms with Gasteiger partial charge in [-0.05, 0) is 30.7 Å². The zero-order valence-electron chi connectivity index (χ0n) is 8.09. The molecule has 0 radical (unpaired) electrons. The molecule has 0 bridgehead atoms. The summed E-state index contributed by atoms with van der Waals surface area (Å²) in [6, 6.07) is 1.81. The van der Waals surface area contributed by atoms with Crippen molar-refractivity contribution in [3.8, 4) is 0 Å². The fraction of sp³-hybridized carbons (Fsp3) is 0.500. The van der Waals surface area contributed by atoms with Crippen LogP contribution in [-0.4, -0.2) is 27.1 Å². The molecule has 1 heterocycles. The van der Waals surface area contributed by atoms with E-state index < -0.39 is 12.2 Å². The Labute approximate surface area is 89.2 Å². The normalized spacial score (nSPS) is 15.1. The number of pyridine rings is 1. The lowest BCUT2D eigenvalue weighted by Crippen LogP contribution is -2.19. The summed E-state index contributed by atoms with van der Waals surface area (Å²) < 4.78 is 0. The van der Waals surface area contributed by atoms with Crippen molar-refractivity contribution >= 4 is 12.6 Å². The first kappa shape index (κ1) is 11.5. The average molecular weight is 213 g/mol. The molecule has 2 unspecified atom stereocenters. The molecule has 0 fully saturated rings. The second-order valence-electron chi connectivity index (χ2n) is 3.26. The third-order valence-corrected chi connectivity index (χ3v) is 2.45. The van der Waals surface area contributed by atoms with Crippen molar-refractivity contribution < 1.29 is 10.2 Å². The molecule has 3 nitrogen and oxygen atoms in total. The molecule has 0 aliphatic rings. The van der Waals surface area contributed by atoms with E-state index in [1.807, 2.05) is 13.0 Å². The van der Waals surface area contributed by atoms with E-state index in [9.17, 15) is 10.2 Å². The average Bonchev–Trinajstić information content (AvgIpc) is 2.18. The highest BCUT2D eigenvalue weighted by Crippen LogP contribution is 2.21. The minimum absolute atomic E-state index is 0.471. The van der Waals surface area contributed by atoms with Gasteiger partial charge in [0.15, 0.2) is 0 Å². The lowest BCUT2D eigenvalue weighted by atomic mass is 10.0. The Balaban J connectivity index is 2.78. The van der Waals surface area contributed by atoms with Crippen LogP contribution in [0.1, 0.15) is 23.7 Å². The first-order valence-electron chi connectivity index (χ1n) is 4.54. The van der Waals surface area contributed by atoms with E-state index in [0.29, 0.717) is 17.7 Å². The smallest absolute Gasteiger partial charge is 0.107 e. The van der Waals surface area contributed by atoms with Crippen LogP contribution >= 0.6 is 12.6 Å². The van der Waals surface area contributed by atoms with Gasteiger partial charge in [-0.2, -0.15) is 12.6 Å². The predicted octanol–water partition coefficient (Wildman–Crippen LogP) is 1.10. The molecule has 0 aliphatic carbocycles. The minimum Gasteiger partial charge on any atom is -0.390 e. The number of hydrogen-bond donors (Lipinski definition) is 3. The molecular formula is C10H15NO2S. The van der Waals surface area contributed by atoms with Gasteiger partial charge < -0.3 is 10.2 Å². The summed E-state index contributed by atoms with van der Waals surface area (Å²) in [6.07, 6.45) is 2.09. The topological polar surface area (TPSA) is 53.4 Å². The second-order valence-corrected chi connectivity index (χ2v) is 3.70. The summed E-state index contributed by atoms with van der Waals surface area (Å²) >= 11 is 4.01. The fourth-order valence-electron chi connectivity index (χ4n) is 1.28. The molecule has 14 heavy (non-hydrogen) atoms. The zero-order chi connectivity index (χ0) is 10.6. The van der Waals surface area contributed by atoms with E-state index in [1.54, 1.807) is 12.4 Å². The molecule has 2 atom stereocenters. The van der Waals surface area contributed by atoms with E-state index >= 15 is 0 Å². The Kier molecular flexibility index (Phi) is 4.38. The number of hydrogen-bond acceptors (Lipinski definition) is 4. The van der Waals surface area contributed by atoms with Crippen LogP contribution in [0, 0.1) is 6.92 Å². The molecule has 0 amide bonds. The molecule has 0 aromatic carbocycles. The van der Waals surface area contributed by atoms with Gasteiger partial charge in [-0.1, -0.05) is 0 Å². The van der Waals surface area contributed by atoms with Crippen LogP contribution < -0.4 is 0 Å². The Morgan fingerprint density at radius 2 is 2.21 bits per heavy atom. The lowest BCUT2D eigenvalue weighted by Gasteiger charge is -2.18. The maximum absolute atomic E-state index is 9.78. The van der Waals surface area contributed by atoms with E-state index in [-0.39, 0.29) is 0 Å². The highest BCUT2D eigenvalue weighted by molar-refractivity contribution is 7.80. The summed E-state index contributed by atoms with van der Waals surface area (Å²) in [6.45, 7) is 1.88. The van der Waals surface area contributed by atoms with Gasteiger partial charge in [0.2, 0.25) is 0 Å². The van der Waals surface area contributed by atoms with Crippen LogP contribution in [0.3, 0.4) is 0 Å². The third-order valence-electron chi connectivity index (χ3n) is 2.19. The maximum Gasteiger partial charge on any atom is 0.107 e. The van der Waals surface area contributed by atoms with Gasteiger partial charge in [-0.3, -0.25) is 4.98 Å². The number of aromatic nitrogens is 1. The van der Waals surface area contributed by atoms with E-state index in [1.165, 1.54) is 0 Å². The molecule has 0 saturated heterocycles. The van der Waals surface area contributed by atoms with Crippen molar-refractivity contribution in [1.29, 1.82) is 0 Å². The fourth-order valence-corrected chi connectivity index (χ4v) is 1.55. The highest BCUT2D eigenvalue weighted by Gasteiger charge is 2.19. The summed E-state index contributed by atoms with van der Waals surface area (Å²) in [5.74, 6) is 0.553. The molecule has 4 heteroatoms. The number of thiol groups is 1. The summed E-state index contributed by atoms with van der Waals surface area (Å²) in [5.41, 5.74) is 1.62. The molecule has 0 aliphatic heterocycles. The first-order valence-corrected chi connectivity index (χ1v) is 5.17. The number of aliphatic hydroxyl groups excluding tert-OH is 2. The monoisotopic (exact) mass is 213 g/mol.